The Kier molecular flexibility index (Phi) is 4.87. The second-order valence-corrected chi connectivity index (χ2v) is 8.68. The first-order chi connectivity index (χ1) is 12.0. The molecule has 0 aliphatic carbocycles. The molecule has 0 spiro atoms. The third kappa shape index (κ3) is 3.29. The van der Waals surface area contributed by atoms with Crippen molar-refractivity contribution in [3.8, 4) is 0 Å². The molecular formula is C21H20NO2P. The lowest BCUT2D eigenvalue weighted by molar-refractivity contribution is 0.107. The van der Waals surface area contributed by atoms with Gasteiger partial charge in [-0.1, -0.05) is 60.7 Å². The number of carbonyl (C=O) groups is 1. The van der Waals surface area contributed by atoms with Crippen LogP contribution in [-0.4, -0.2) is 19.6 Å². The van der Waals surface area contributed by atoms with Crippen molar-refractivity contribution in [2.75, 3.05) is 19.0 Å². The molecule has 0 amide bonds. The van der Waals surface area contributed by atoms with E-state index < -0.39 is 7.14 Å². The Morgan fingerprint density at radius 2 is 1.16 bits per heavy atom. The van der Waals surface area contributed by atoms with Gasteiger partial charge in [-0.05, 0) is 24.3 Å². The second-order valence-electron chi connectivity index (χ2n) is 6.03. The second kappa shape index (κ2) is 7.08. The molecule has 0 aliphatic heterocycles. The molecule has 0 atom stereocenters. The van der Waals surface area contributed by atoms with Gasteiger partial charge in [0.2, 0.25) is 12.7 Å². The molecule has 4 heteroatoms. The molecule has 0 saturated heterocycles. The number of hydrogen-bond acceptors (Lipinski definition) is 3. The highest BCUT2D eigenvalue weighted by Crippen LogP contribution is 2.46. The Bertz CT molecular complexity index is 860. The van der Waals surface area contributed by atoms with Crippen LogP contribution in [0.3, 0.4) is 0 Å². The molecule has 0 bridgehead atoms. The molecule has 0 heterocycles. The molecule has 0 aromatic heterocycles. The van der Waals surface area contributed by atoms with Gasteiger partial charge in [0.15, 0.2) is 0 Å². The van der Waals surface area contributed by atoms with E-state index in [-0.39, 0.29) is 5.52 Å². The molecule has 3 nitrogen and oxygen atoms in total. The van der Waals surface area contributed by atoms with Gasteiger partial charge in [-0.2, -0.15) is 0 Å². The van der Waals surface area contributed by atoms with Gasteiger partial charge in [-0.15, -0.1) is 0 Å². The molecule has 126 valence electrons. The van der Waals surface area contributed by atoms with Crippen molar-refractivity contribution in [3.05, 3.63) is 90.5 Å². The first-order valence-corrected chi connectivity index (χ1v) is 9.78. The molecule has 3 aromatic rings. The average molecular weight is 349 g/mol. The summed E-state index contributed by atoms with van der Waals surface area (Å²) in [5.74, 6) is 0. The molecule has 0 N–H and O–H groups in total. The van der Waals surface area contributed by atoms with Crippen molar-refractivity contribution in [2.24, 2.45) is 0 Å². The number of benzene rings is 3. The average Bonchev–Trinajstić information content (AvgIpc) is 2.68. The van der Waals surface area contributed by atoms with E-state index in [0.717, 1.165) is 5.69 Å². The number of rotatable bonds is 5. The van der Waals surface area contributed by atoms with Crippen LogP contribution in [-0.2, 0) is 4.57 Å². The zero-order valence-electron chi connectivity index (χ0n) is 14.3. The molecule has 0 fully saturated rings. The minimum Gasteiger partial charge on any atom is -0.378 e. The van der Waals surface area contributed by atoms with E-state index in [1.54, 1.807) is 36.4 Å². The summed E-state index contributed by atoms with van der Waals surface area (Å²) in [5.41, 5.74) is 1.11. The molecule has 25 heavy (non-hydrogen) atoms. The van der Waals surface area contributed by atoms with Crippen molar-refractivity contribution in [1.82, 2.24) is 0 Å². The molecule has 0 saturated carbocycles. The summed E-state index contributed by atoms with van der Waals surface area (Å²) >= 11 is 0. The largest absolute Gasteiger partial charge is 0.378 e. The van der Waals surface area contributed by atoms with Crippen molar-refractivity contribution in [1.29, 1.82) is 0 Å². The van der Waals surface area contributed by atoms with Crippen LogP contribution in [0.15, 0.2) is 84.9 Å². The summed E-state index contributed by atoms with van der Waals surface area (Å²) in [6, 6.07) is 25.2. The molecular weight excluding hydrogens is 329 g/mol. The quantitative estimate of drug-likeness (QED) is 0.656. The maximum atomic E-state index is 14.0. The lowest BCUT2D eigenvalue weighted by atomic mass is 10.2. The number of nitrogens with zero attached hydrogens (tertiary/aromatic N) is 1. The highest BCUT2D eigenvalue weighted by Gasteiger charge is 2.36. The smallest absolute Gasteiger partial charge is 0.230 e. The zero-order valence-corrected chi connectivity index (χ0v) is 15.2. The van der Waals surface area contributed by atoms with Gasteiger partial charge in [0.1, 0.15) is 0 Å². The zero-order chi connectivity index (χ0) is 17.9. The van der Waals surface area contributed by atoms with Gasteiger partial charge in [0.25, 0.3) is 0 Å². The third-order valence-corrected chi connectivity index (χ3v) is 7.04. The van der Waals surface area contributed by atoms with Gasteiger partial charge in [-0.25, -0.2) is 0 Å². The summed E-state index contributed by atoms with van der Waals surface area (Å²) in [5, 5.41) is 1.12. The normalized spacial score (nSPS) is 11.1. The Morgan fingerprint density at radius 3 is 1.56 bits per heavy atom. The Hall–Kier alpha value is -2.64. The SMILES string of the molecule is CN(C)c1ccc(C(=O)P(=O)(c2ccccc2)c2ccccc2)cc1. The predicted molar refractivity (Wildman–Crippen MR) is 105 cm³/mol. The van der Waals surface area contributed by atoms with E-state index in [1.165, 1.54) is 0 Å². The first-order valence-electron chi connectivity index (χ1n) is 8.07. The van der Waals surface area contributed by atoms with E-state index in [0.29, 0.717) is 16.2 Å². The maximum Gasteiger partial charge on any atom is 0.230 e. The van der Waals surface area contributed by atoms with E-state index in [2.05, 4.69) is 0 Å². The summed E-state index contributed by atoms with van der Waals surface area (Å²) < 4.78 is 14.0. The van der Waals surface area contributed by atoms with Crippen molar-refractivity contribution >= 4 is 29.0 Å². The van der Waals surface area contributed by atoms with E-state index >= 15 is 0 Å². The number of anilines is 1. The summed E-state index contributed by atoms with van der Waals surface area (Å²) in [6.07, 6.45) is 0. The Morgan fingerprint density at radius 1 is 0.720 bits per heavy atom. The van der Waals surface area contributed by atoms with Crippen molar-refractivity contribution in [2.45, 2.75) is 0 Å². The predicted octanol–water partition coefficient (Wildman–Crippen LogP) is 3.91. The fourth-order valence-electron chi connectivity index (χ4n) is 2.74. The lowest BCUT2D eigenvalue weighted by Crippen LogP contribution is -2.22. The molecule has 3 aromatic carbocycles. The Labute approximate surface area is 148 Å². The molecule has 0 unspecified atom stereocenters. The van der Waals surface area contributed by atoms with Crippen LogP contribution < -0.4 is 15.5 Å². The van der Waals surface area contributed by atoms with Crippen LogP contribution >= 0.6 is 7.14 Å². The topological polar surface area (TPSA) is 37.4 Å². The fraction of sp³-hybridized carbons (Fsp3) is 0.0952. The van der Waals surface area contributed by atoms with Crippen molar-refractivity contribution in [3.63, 3.8) is 0 Å². The Balaban J connectivity index is 2.12. The lowest BCUT2D eigenvalue weighted by Gasteiger charge is -2.19. The summed E-state index contributed by atoms with van der Waals surface area (Å²) in [4.78, 5) is 15.2. The van der Waals surface area contributed by atoms with Gasteiger partial charge >= 0.3 is 0 Å². The van der Waals surface area contributed by atoms with Crippen molar-refractivity contribution < 1.29 is 9.36 Å². The summed E-state index contributed by atoms with van der Waals surface area (Å²) in [7, 11) is 0.452. The van der Waals surface area contributed by atoms with E-state index in [4.69, 9.17) is 0 Å². The molecule has 3 rings (SSSR count). The minimum absolute atomic E-state index is 0.338. The summed E-state index contributed by atoms with van der Waals surface area (Å²) in [6.45, 7) is 0. The molecule has 0 aliphatic rings. The van der Waals surface area contributed by atoms with Crippen LogP contribution in [0.4, 0.5) is 5.69 Å². The van der Waals surface area contributed by atoms with Gasteiger partial charge < -0.3 is 9.46 Å². The van der Waals surface area contributed by atoms with Crippen LogP contribution in [0.5, 0.6) is 0 Å². The maximum absolute atomic E-state index is 14.0. The van der Waals surface area contributed by atoms with Gasteiger partial charge in [-0.3, -0.25) is 4.79 Å². The van der Waals surface area contributed by atoms with Crippen LogP contribution in [0.1, 0.15) is 10.4 Å². The number of carbonyl (C=O) groups excluding carboxylic acids is 1. The van der Waals surface area contributed by atoms with E-state index in [1.807, 2.05) is 67.5 Å². The van der Waals surface area contributed by atoms with Crippen LogP contribution in [0.25, 0.3) is 0 Å². The first kappa shape index (κ1) is 17.2. The standard InChI is InChI=1S/C21H20NO2P/c1-22(2)18-15-13-17(14-16-18)21(23)25(24,19-9-5-3-6-10-19)20-11-7-4-8-12-20/h3-16H,1-2H3. The minimum atomic E-state index is -3.43. The molecule has 0 radical (unpaired) electrons. The number of hydrogen-bond donors (Lipinski definition) is 0. The van der Waals surface area contributed by atoms with Crippen LogP contribution in [0.2, 0.25) is 0 Å². The van der Waals surface area contributed by atoms with E-state index in [9.17, 15) is 9.36 Å². The monoisotopic (exact) mass is 349 g/mol. The highest BCUT2D eigenvalue weighted by atomic mass is 31.2. The van der Waals surface area contributed by atoms with Gasteiger partial charge in [0.05, 0.1) is 0 Å². The van der Waals surface area contributed by atoms with Crippen LogP contribution in [0, 0.1) is 0 Å². The third-order valence-electron chi connectivity index (χ3n) is 4.16. The fourth-order valence-corrected chi connectivity index (χ4v) is 5.21. The highest BCUT2D eigenvalue weighted by molar-refractivity contribution is 7.93. The van der Waals surface area contributed by atoms with Gasteiger partial charge in [0, 0.05) is 36.0 Å².